The van der Waals surface area contributed by atoms with E-state index in [1.165, 1.54) is 16.2 Å². The van der Waals surface area contributed by atoms with E-state index in [0.717, 1.165) is 5.56 Å². The molecule has 0 fully saturated rings. The largest absolute Gasteiger partial charge is 0.459 e. The summed E-state index contributed by atoms with van der Waals surface area (Å²) in [6, 6.07) is 9.64. The number of anilines is 1. The number of hydrogen-bond acceptors (Lipinski definition) is 5. The Bertz CT molecular complexity index is 924. The van der Waals surface area contributed by atoms with Crippen LogP contribution in [0.1, 0.15) is 37.9 Å². The molecule has 2 amide bonds. The van der Waals surface area contributed by atoms with Gasteiger partial charge in [-0.05, 0) is 67.4 Å². The molecule has 1 aliphatic rings. The van der Waals surface area contributed by atoms with Crippen molar-refractivity contribution >= 4 is 29.0 Å². The van der Waals surface area contributed by atoms with E-state index in [0.29, 0.717) is 22.5 Å². The standard InChI is InChI=1S/C20H19N3O3S/c1-12(2)26-19(24)17-13(3)23(16-6-4-14(10-21)5-7-16)20(25)22-18(17)15-8-9-27-11-15/h4-9,11-12,18H,1-3H3,(H,22,25)/t18-/m0/s1. The lowest BCUT2D eigenvalue weighted by Crippen LogP contribution is -2.48. The number of hydrogen-bond donors (Lipinski definition) is 1. The summed E-state index contributed by atoms with van der Waals surface area (Å²) in [5.74, 6) is -0.461. The molecule has 2 aromatic rings. The third kappa shape index (κ3) is 3.71. The number of thiophene rings is 1. The van der Waals surface area contributed by atoms with E-state index in [2.05, 4.69) is 5.32 Å². The van der Waals surface area contributed by atoms with E-state index >= 15 is 0 Å². The van der Waals surface area contributed by atoms with Crippen LogP contribution >= 0.6 is 11.3 Å². The average molecular weight is 381 g/mol. The minimum absolute atomic E-state index is 0.276. The summed E-state index contributed by atoms with van der Waals surface area (Å²) in [4.78, 5) is 27.1. The van der Waals surface area contributed by atoms with Crippen LogP contribution in [-0.4, -0.2) is 18.1 Å². The first-order valence-corrected chi connectivity index (χ1v) is 9.41. The maximum Gasteiger partial charge on any atom is 0.338 e. The third-order valence-electron chi connectivity index (χ3n) is 4.18. The van der Waals surface area contributed by atoms with Gasteiger partial charge >= 0.3 is 12.0 Å². The van der Waals surface area contributed by atoms with E-state index in [-0.39, 0.29) is 12.1 Å². The maximum absolute atomic E-state index is 12.8. The summed E-state index contributed by atoms with van der Waals surface area (Å²) in [5, 5.41) is 15.7. The van der Waals surface area contributed by atoms with Gasteiger partial charge < -0.3 is 10.1 Å². The Labute approximate surface area is 161 Å². The van der Waals surface area contributed by atoms with Crippen molar-refractivity contribution in [3.63, 3.8) is 0 Å². The highest BCUT2D eigenvalue weighted by molar-refractivity contribution is 7.08. The van der Waals surface area contributed by atoms with Crippen LogP contribution in [0.2, 0.25) is 0 Å². The van der Waals surface area contributed by atoms with Crippen molar-refractivity contribution in [3.8, 4) is 6.07 Å². The van der Waals surface area contributed by atoms with Gasteiger partial charge in [0.1, 0.15) is 0 Å². The highest BCUT2D eigenvalue weighted by Crippen LogP contribution is 2.35. The molecule has 0 aliphatic carbocycles. The number of carbonyl (C=O) groups excluding carboxylic acids is 2. The van der Waals surface area contributed by atoms with Gasteiger partial charge in [-0.3, -0.25) is 4.90 Å². The molecule has 2 heterocycles. The smallest absolute Gasteiger partial charge is 0.338 e. The lowest BCUT2D eigenvalue weighted by molar-refractivity contribution is -0.143. The monoisotopic (exact) mass is 381 g/mol. The van der Waals surface area contributed by atoms with Gasteiger partial charge in [-0.2, -0.15) is 16.6 Å². The van der Waals surface area contributed by atoms with E-state index in [1.54, 1.807) is 45.0 Å². The molecule has 1 aromatic heterocycles. The van der Waals surface area contributed by atoms with Gasteiger partial charge in [0, 0.05) is 5.70 Å². The number of ether oxygens (including phenoxy) is 1. The molecule has 0 spiro atoms. The summed E-state index contributed by atoms with van der Waals surface area (Å²) < 4.78 is 5.43. The number of nitriles is 1. The predicted molar refractivity (Wildman–Crippen MR) is 103 cm³/mol. The molecule has 0 radical (unpaired) electrons. The minimum Gasteiger partial charge on any atom is -0.459 e. The summed E-state index contributed by atoms with van der Waals surface area (Å²) in [7, 11) is 0. The molecule has 0 saturated carbocycles. The van der Waals surface area contributed by atoms with E-state index in [1.807, 2.05) is 22.9 Å². The van der Waals surface area contributed by atoms with Crippen LogP contribution in [0.25, 0.3) is 0 Å². The fourth-order valence-electron chi connectivity index (χ4n) is 2.97. The number of carbonyl (C=O) groups is 2. The van der Waals surface area contributed by atoms with Crippen LogP contribution < -0.4 is 10.2 Å². The van der Waals surface area contributed by atoms with E-state index < -0.39 is 12.0 Å². The number of benzene rings is 1. The second-order valence-corrected chi connectivity index (χ2v) is 7.17. The van der Waals surface area contributed by atoms with Crippen LogP contribution in [0.15, 0.2) is 52.4 Å². The lowest BCUT2D eigenvalue weighted by Gasteiger charge is -2.35. The molecule has 1 aromatic carbocycles. The van der Waals surface area contributed by atoms with Gasteiger partial charge in [0.15, 0.2) is 0 Å². The quantitative estimate of drug-likeness (QED) is 0.808. The number of allylic oxidation sites excluding steroid dienone is 1. The van der Waals surface area contributed by atoms with Crippen LogP contribution in [0.3, 0.4) is 0 Å². The molecular formula is C20H19N3O3S. The van der Waals surface area contributed by atoms with E-state index in [4.69, 9.17) is 10.00 Å². The van der Waals surface area contributed by atoms with Crippen molar-refractivity contribution in [2.24, 2.45) is 0 Å². The molecular weight excluding hydrogens is 362 g/mol. The topological polar surface area (TPSA) is 82.4 Å². The van der Waals surface area contributed by atoms with Gasteiger partial charge in [0.05, 0.1) is 35.0 Å². The highest BCUT2D eigenvalue weighted by atomic mass is 32.1. The predicted octanol–water partition coefficient (Wildman–Crippen LogP) is 4.12. The normalized spacial score (nSPS) is 16.9. The fraction of sp³-hybridized carbons (Fsp3) is 0.250. The second kappa shape index (κ2) is 7.64. The SMILES string of the molecule is CC1=C(C(=O)OC(C)C)[C@H](c2ccsc2)NC(=O)N1c1ccc(C#N)cc1. The van der Waals surface area contributed by atoms with Gasteiger partial charge in [0.2, 0.25) is 0 Å². The molecule has 0 saturated heterocycles. The van der Waals surface area contributed by atoms with Crippen molar-refractivity contribution in [1.82, 2.24) is 5.32 Å². The summed E-state index contributed by atoms with van der Waals surface area (Å²) in [6.07, 6.45) is -0.276. The zero-order valence-corrected chi connectivity index (χ0v) is 16.0. The molecule has 1 atom stereocenters. The third-order valence-corrected chi connectivity index (χ3v) is 4.88. The lowest BCUT2D eigenvalue weighted by atomic mass is 9.96. The second-order valence-electron chi connectivity index (χ2n) is 6.39. The number of urea groups is 1. The molecule has 138 valence electrons. The molecule has 7 heteroatoms. The molecule has 1 N–H and O–H groups in total. The first kappa shape index (κ1) is 18.7. The molecule has 3 rings (SSSR count). The van der Waals surface area contributed by atoms with E-state index in [9.17, 15) is 9.59 Å². The van der Waals surface area contributed by atoms with Gasteiger partial charge in [0.25, 0.3) is 0 Å². The summed E-state index contributed by atoms with van der Waals surface area (Å²) in [6.45, 7) is 5.30. The summed E-state index contributed by atoms with van der Waals surface area (Å²) in [5.41, 5.74) is 2.80. The zero-order chi connectivity index (χ0) is 19.6. The van der Waals surface area contributed by atoms with Gasteiger partial charge in [-0.15, -0.1) is 0 Å². The van der Waals surface area contributed by atoms with Crippen molar-refractivity contribution in [2.75, 3.05) is 4.90 Å². The van der Waals surface area contributed by atoms with Crippen LogP contribution in [-0.2, 0) is 9.53 Å². The molecule has 27 heavy (non-hydrogen) atoms. The Morgan fingerprint density at radius 1 is 1.30 bits per heavy atom. The maximum atomic E-state index is 12.8. The van der Waals surface area contributed by atoms with Crippen molar-refractivity contribution < 1.29 is 14.3 Å². The first-order valence-electron chi connectivity index (χ1n) is 8.47. The Hall–Kier alpha value is -3.11. The van der Waals surface area contributed by atoms with Crippen molar-refractivity contribution in [2.45, 2.75) is 32.9 Å². The minimum atomic E-state index is -0.565. The van der Waals surface area contributed by atoms with Crippen molar-refractivity contribution in [3.05, 3.63) is 63.5 Å². The van der Waals surface area contributed by atoms with Gasteiger partial charge in [-0.25, -0.2) is 9.59 Å². The molecule has 6 nitrogen and oxygen atoms in total. The van der Waals surface area contributed by atoms with Crippen LogP contribution in [0.5, 0.6) is 0 Å². The number of rotatable bonds is 4. The number of esters is 1. The van der Waals surface area contributed by atoms with Crippen LogP contribution in [0, 0.1) is 11.3 Å². The Morgan fingerprint density at radius 2 is 2.00 bits per heavy atom. The zero-order valence-electron chi connectivity index (χ0n) is 15.2. The average Bonchev–Trinajstić information content (AvgIpc) is 3.15. The fourth-order valence-corrected chi connectivity index (χ4v) is 3.66. The molecule has 0 unspecified atom stereocenters. The van der Waals surface area contributed by atoms with Crippen LogP contribution in [0.4, 0.5) is 10.5 Å². The number of amides is 2. The molecule has 1 aliphatic heterocycles. The first-order chi connectivity index (χ1) is 12.9. The molecule has 0 bridgehead atoms. The number of nitrogens with one attached hydrogen (secondary N) is 1. The Balaban J connectivity index is 2.09. The Kier molecular flexibility index (Phi) is 5.28. The Morgan fingerprint density at radius 3 is 2.56 bits per heavy atom. The highest BCUT2D eigenvalue weighted by Gasteiger charge is 2.37. The van der Waals surface area contributed by atoms with Gasteiger partial charge in [-0.1, -0.05) is 0 Å². The summed E-state index contributed by atoms with van der Waals surface area (Å²) >= 11 is 1.49. The van der Waals surface area contributed by atoms with Crippen molar-refractivity contribution in [1.29, 1.82) is 5.26 Å². The number of nitrogens with zero attached hydrogens (tertiary/aromatic N) is 2.